The highest BCUT2D eigenvalue weighted by molar-refractivity contribution is 8.00. The molecule has 5 aliphatic rings. The number of carbonyl (C=O) groups is 3. The van der Waals surface area contributed by atoms with Crippen molar-refractivity contribution in [1.82, 2.24) is 0 Å². The fourth-order valence-electron chi connectivity index (χ4n) is 10.3. The summed E-state index contributed by atoms with van der Waals surface area (Å²) in [7, 11) is 0. The van der Waals surface area contributed by atoms with Gasteiger partial charge in [0.25, 0.3) is 0 Å². The highest BCUT2D eigenvalue weighted by Gasteiger charge is 2.71. The molecule has 1 saturated heterocycles. The summed E-state index contributed by atoms with van der Waals surface area (Å²) in [6, 6.07) is 0. The molecule has 0 N–H and O–H groups in total. The van der Waals surface area contributed by atoms with Gasteiger partial charge in [0.1, 0.15) is 18.3 Å². The molecule has 1 aliphatic heterocycles. The standard InChI is InChI=1S/C33H52O6S/c1-8-18(2)17-40-30-29-28(25-11-10-24-19(3)9-12-27(36)39-31(30)33(24,25)7)26(38-21(5)35)16-22-15-23(37-20(4)34)13-14-32(22,29)6/h18-19,22-26,28-31H,8-17H2,1-7H3/t18?,19-,22+,23-,24-,25+,26-,28-,29-,30-,31+,32+,33-/m1/s1. The Hall–Kier alpha value is -1.24. The zero-order valence-corrected chi connectivity index (χ0v) is 26.6. The van der Waals surface area contributed by atoms with E-state index in [0.29, 0.717) is 30.1 Å². The Morgan fingerprint density at radius 3 is 2.42 bits per heavy atom. The average Bonchev–Trinajstić information content (AvgIpc) is 3.24. The summed E-state index contributed by atoms with van der Waals surface area (Å²) >= 11 is 2.03. The van der Waals surface area contributed by atoms with Gasteiger partial charge in [0, 0.05) is 36.9 Å². The first kappa shape index (κ1) is 30.2. The Labute approximate surface area is 245 Å². The van der Waals surface area contributed by atoms with Gasteiger partial charge in [-0.3, -0.25) is 14.4 Å². The van der Waals surface area contributed by atoms with Gasteiger partial charge in [-0.15, -0.1) is 0 Å². The van der Waals surface area contributed by atoms with E-state index in [1.807, 2.05) is 11.8 Å². The van der Waals surface area contributed by atoms with E-state index in [4.69, 9.17) is 14.2 Å². The molecule has 1 unspecified atom stereocenters. The predicted molar refractivity (Wildman–Crippen MR) is 156 cm³/mol. The molecule has 5 rings (SSSR count). The number of carbonyl (C=O) groups excluding carboxylic acids is 3. The Balaban J connectivity index is 1.62. The summed E-state index contributed by atoms with van der Waals surface area (Å²) in [6.45, 7) is 14.9. The highest BCUT2D eigenvalue weighted by Crippen LogP contribution is 2.71. The van der Waals surface area contributed by atoms with Crippen molar-refractivity contribution in [3.8, 4) is 0 Å². The average molecular weight is 577 g/mol. The van der Waals surface area contributed by atoms with Crippen LogP contribution in [0.3, 0.4) is 0 Å². The number of thioether (sulfide) groups is 1. The molecule has 1 heterocycles. The van der Waals surface area contributed by atoms with E-state index in [0.717, 1.165) is 57.1 Å². The van der Waals surface area contributed by atoms with Crippen molar-refractivity contribution in [2.24, 2.45) is 52.3 Å². The summed E-state index contributed by atoms with van der Waals surface area (Å²) in [4.78, 5) is 37.7. The molecule has 4 aliphatic carbocycles. The van der Waals surface area contributed by atoms with E-state index in [1.54, 1.807) is 6.92 Å². The van der Waals surface area contributed by atoms with Gasteiger partial charge in [-0.1, -0.05) is 41.0 Å². The molecular formula is C33H52O6S. The van der Waals surface area contributed by atoms with Gasteiger partial charge in [0.05, 0.1) is 0 Å². The van der Waals surface area contributed by atoms with Crippen molar-refractivity contribution in [3.63, 3.8) is 0 Å². The maximum absolute atomic E-state index is 13.3. The molecular weight excluding hydrogens is 524 g/mol. The van der Waals surface area contributed by atoms with E-state index < -0.39 is 0 Å². The van der Waals surface area contributed by atoms with Gasteiger partial charge in [0.15, 0.2) is 0 Å². The third kappa shape index (κ3) is 5.13. The number of rotatable bonds is 6. The zero-order chi connectivity index (χ0) is 29.0. The third-order valence-electron chi connectivity index (χ3n) is 12.4. The van der Waals surface area contributed by atoms with Crippen LogP contribution in [-0.2, 0) is 28.6 Å². The maximum Gasteiger partial charge on any atom is 0.306 e. The second-order valence-corrected chi connectivity index (χ2v) is 15.8. The van der Waals surface area contributed by atoms with Crippen molar-refractivity contribution in [2.45, 2.75) is 130 Å². The van der Waals surface area contributed by atoms with E-state index in [9.17, 15) is 14.4 Å². The summed E-state index contributed by atoms with van der Waals surface area (Å²) in [5, 5.41) is 0.159. The second-order valence-electron chi connectivity index (χ2n) is 14.6. The zero-order valence-electron chi connectivity index (χ0n) is 25.8. The summed E-state index contributed by atoms with van der Waals surface area (Å²) in [5.74, 6) is 3.29. The largest absolute Gasteiger partial charge is 0.463 e. The lowest BCUT2D eigenvalue weighted by atomic mass is 9.42. The van der Waals surface area contributed by atoms with Gasteiger partial charge < -0.3 is 14.2 Å². The van der Waals surface area contributed by atoms with Crippen LogP contribution in [0.2, 0.25) is 0 Å². The molecule has 0 aromatic heterocycles. The maximum atomic E-state index is 13.3. The quantitative estimate of drug-likeness (QED) is 0.253. The first-order valence-electron chi connectivity index (χ1n) is 16.1. The monoisotopic (exact) mass is 576 g/mol. The number of fused-ring (bicyclic) bond motifs is 4. The Morgan fingerprint density at radius 2 is 1.75 bits per heavy atom. The fourth-order valence-corrected chi connectivity index (χ4v) is 12.3. The number of esters is 3. The lowest BCUT2D eigenvalue weighted by Crippen LogP contribution is -2.68. The normalized spacial score (nSPS) is 46.9. The number of hydrogen-bond acceptors (Lipinski definition) is 7. The fraction of sp³-hybridized carbons (Fsp3) is 0.909. The molecule has 0 bridgehead atoms. The minimum atomic E-state index is -0.221. The first-order valence-corrected chi connectivity index (χ1v) is 17.1. The van der Waals surface area contributed by atoms with Crippen LogP contribution in [0.15, 0.2) is 0 Å². The van der Waals surface area contributed by atoms with Crippen LogP contribution in [0.1, 0.15) is 106 Å². The van der Waals surface area contributed by atoms with Crippen LogP contribution < -0.4 is 0 Å². The van der Waals surface area contributed by atoms with Gasteiger partial charge in [0.2, 0.25) is 0 Å². The van der Waals surface area contributed by atoms with Gasteiger partial charge >= 0.3 is 17.9 Å². The molecule has 0 aromatic carbocycles. The Morgan fingerprint density at radius 1 is 1.05 bits per heavy atom. The lowest BCUT2D eigenvalue weighted by molar-refractivity contribution is -0.224. The first-order chi connectivity index (χ1) is 18.9. The summed E-state index contributed by atoms with van der Waals surface area (Å²) in [6.07, 6.45) is 7.91. The molecule has 0 amide bonds. The molecule has 0 spiro atoms. The van der Waals surface area contributed by atoms with E-state index in [-0.39, 0.29) is 70.1 Å². The van der Waals surface area contributed by atoms with Crippen LogP contribution in [0, 0.1) is 52.3 Å². The second kappa shape index (κ2) is 11.4. The summed E-state index contributed by atoms with van der Waals surface area (Å²) in [5.41, 5.74) is -0.120. The SMILES string of the molecule is CCC(C)CS[C@@H]1[C@H]2[C@@H]([C@H](OC(C)=O)C[C@@H]3C[C@H](OC(C)=O)CC[C@@]32C)[C@@H]2CC[C@@H]3[C@H](C)CCC(=O)O[C@@H]1[C@]32C. The molecule has 5 fully saturated rings. The van der Waals surface area contributed by atoms with Crippen LogP contribution in [0.4, 0.5) is 0 Å². The van der Waals surface area contributed by atoms with Crippen LogP contribution in [0.25, 0.3) is 0 Å². The van der Waals surface area contributed by atoms with Crippen molar-refractivity contribution >= 4 is 29.7 Å². The van der Waals surface area contributed by atoms with Crippen molar-refractivity contribution in [1.29, 1.82) is 0 Å². The van der Waals surface area contributed by atoms with Crippen molar-refractivity contribution in [3.05, 3.63) is 0 Å². The molecule has 0 aromatic rings. The lowest BCUT2D eigenvalue weighted by Gasteiger charge is -2.66. The predicted octanol–water partition coefficient (Wildman–Crippen LogP) is 6.83. The van der Waals surface area contributed by atoms with Crippen LogP contribution >= 0.6 is 11.8 Å². The minimum Gasteiger partial charge on any atom is -0.463 e. The van der Waals surface area contributed by atoms with E-state index in [2.05, 4.69) is 34.6 Å². The van der Waals surface area contributed by atoms with Crippen LogP contribution in [-0.4, -0.2) is 47.2 Å². The number of ether oxygens (including phenoxy) is 3. The van der Waals surface area contributed by atoms with Crippen LogP contribution in [0.5, 0.6) is 0 Å². The minimum absolute atomic E-state index is 0.00485. The molecule has 40 heavy (non-hydrogen) atoms. The summed E-state index contributed by atoms with van der Waals surface area (Å²) < 4.78 is 18.7. The van der Waals surface area contributed by atoms with Gasteiger partial charge in [-0.25, -0.2) is 0 Å². The molecule has 13 atom stereocenters. The highest BCUT2D eigenvalue weighted by atomic mass is 32.2. The topological polar surface area (TPSA) is 78.9 Å². The van der Waals surface area contributed by atoms with Gasteiger partial charge in [-0.2, -0.15) is 11.8 Å². The Kier molecular flexibility index (Phi) is 8.65. The van der Waals surface area contributed by atoms with E-state index in [1.165, 1.54) is 6.92 Å². The molecule has 6 nitrogen and oxygen atoms in total. The van der Waals surface area contributed by atoms with Gasteiger partial charge in [-0.05, 0) is 91.6 Å². The van der Waals surface area contributed by atoms with Crippen molar-refractivity contribution in [2.75, 3.05) is 5.75 Å². The molecule has 0 radical (unpaired) electrons. The van der Waals surface area contributed by atoms with Crippen molar-refractivity contribution < 1.29 is 28.6 Å². The molecule has 4 saturated carbocycles. The molecule has 226 valence electrons. The third-order valence-corrected chi connectivity index (χ3v) is 14.1. The molecule has 7 heteroatoms. The van der Waals surface area contributed by atoms with E-state index >= 15 is 0 Å². The number of hydrogen-bond donors (Lipinski definition) is 0. The Bertz CT molecular complexity index is 984. The smallest absolute Gasteiger partial charge is 0.306 e.